The molecule has 1 aromatic heterocycles. The van der Waals surface area contributed by atoms with Gasteiger partial charge in [0, 0.05) is 11.3 Å². The van der Waals surface area contributed by atoms with Gasteiger partial charge in [0.05, 0.1) is 0 Å². The predicted octanol–water partition coefficient (Wildman–Crippen LogP) is 5.28. The molecule has 1 atom stereocenters. The summed E-state index contributed by atoms with van der Waals surface area (Å²) in [4.78, 5) is 0. The zero-order valence-corrected chi connectivity index (χ0v) is 11.1. The summed E-state index contributed by atoms with van der Waals surface area (Å²) in [5.74, 6) is 0.730. The van der Waals surface area contributed by atoms with Crippen molar-refractivity contribution in [1.29, 1.82) is 0 Å². The lowest BCUT2D eigenvalue weighted by Gasteiger charge is -2.12. The van der Waals surface area contributed by atoms with Gasteiger partial charge in [-0.3, -0.25) is 0 Å². The number of allylic oxidation sites excluding steroid dienone is 1. The van der Waals surface area contributed by atoms with Crippen LogP contribution in [0.5, 0.6) is 0 Å². The van der Waals surface area contributed by atoms with Gasteiger partial charge in [0.15, 0.2) is 0 Å². The normalized spacial score (nSPS) is 12.4. The maximum atomic E-state index is 13.1. The Balaban J connectivity index is 2.05. The molecule has 2 aromatic carbocycles. The molecule has 0 bridgehead atoms. The third-order valence-corrected chi connectivity index (χ3v) is 3.46. The van der Waals surface area contributed by atoms with Crippen LogP contribution in [0.1, 0.15) is 23.7 Å². The van der Waals surface area contributed by atoms with Gasteiger partial charge in [0.25, 0.3) is 0 Å². The summed E-state index contributed by atoms with van der Waals surface area (Å²) < 4.78 is 19.0. The molecule has 1 nitrogen and oxygen atoms in total. The first-order valence-electron chi connectivity index (χ1n) is 6.63. The second kappa shape index (κ2) is 5.33. The summed E-state index contributed by atoms with van der Waals surface area (Å²) in [6.45, 7) is 3.81. The molecule has 0 spiro atoms. The first kappa shape index (κ1) is 12.7. The van der Waals surface area contributed by atoms with Crippen LogP contribution in [-0.2, 0) is 0 Å². The molecule has 0 aliphatic heterocycles. The number of halogens is 1. The molecule has 1 heterocycles. The van der Waals surface area contributed by atoms with E-state index < -0.39 is 0 Å². The summed E-state index contributed by atoms with van der Waals surface area (Å²) in [6, 6.07) is 16.5. The smallest absolute Gasteiger partial charge is 0.134 e. The fourth-order valence-electron chi connectivity index (χ4n) is 2.45. The van der Waals surface area contributed by atoms with Crippen molar-refractivity contribution in [1.82, 2.24) is 0 Å². The minimum absolute atomic E-state index is 0.0699. The third kappa shape index (κ3) is 2.37. The van der Waals surface area contributed by atoms with E-state index in [1.807, 2.05) is 36.4 Å². The van der Waals surface area contributed by atoms with E-state index in [-0.39, 0.29) is 11.7 Å². The summed E-state index contributed by atoms with van der Waals surface area (Å²) in [5.41, 5.74) is 1.91. The number of benzene rings is 2. The van der Waals surface area contributed by atoms with Crippen molar-refractivity contribution in [2.75, 3.05) is 0 Å². The van der Waals surface area contributed by atoms with Crippen LogP contribution in [-0.4, -0.2) is 0 Å². The van der Waals surface area contributed by atoms with Crippen molar-refractivity contribution in [3.05, 3.63) is 84.4 Å². The Morgan fingerprint density at radius 3 is 2.55 bits per heavy atom. The van der Waals surface area contributed by atoms with Crippen LogP contribution in [0.25, 0.3) is 11.0 Å². The van der Waals surface area contributed by atoms with Crippen molar-refractivity contribution in [3.63, 3.8) is 0 Å². The Morgan fingerprint density at radius 2 is 1.85 bits per heavy atom. The maximum Gasteiger partial charge on any atom is 0.134 e. The van der Waals surface area contributed by atoms with Gasteiger partial charge in [-0.05, 0) is 36.2 Å². The zero-order chi connectivity index (χ0) is 13.9. The van der Waals surface area contributed by atoms with Crippen molar-refractivity contribution in [2.45, 2.75) is 12.3 Å². The van der Waals surface area contributed by atoms with Crippen LogP contribution in [0.3, 0.4) is 0 Å². The van der Waals surface area contributed by atoms with Gasteiger partial charge in [-0.1, -0.05) is 36.4 Å². The van der Waals surface area contributed by atoms with Gasteiger partial charge in [-0.15, -0.1) is 6.58 Å². The number of hydrogen-bond acceptors (Lipinski definition) is 1. The largest absolute Gasteiger partial charge is 0.460 e. The first-order chi connectivity index (χ1) is 9.78. The Hall–Kier alpha value is -2.35. The lowest BCUT2D eigenvalue weighted by molar-refractivity contribution is 0.520. The minimum atomic E-state index is -0.226. The van der Waals surface area contributed by atoms with Crippen LogP contribution in [0.4, 0.5) is 4.39 Å². The van der Waals surface area contributed by atoms with E-state index >= 15 is 0 Å². The van der Waals surface area contributed by atoms with Crippen molar-refractivity contribution < 1.29 is 8.81 Å². The highest BCUT2D eigenvalue weighted by molar-refractivity contribution is 5.78. The number of fused-ring (bicyclic) bond motifs is 1. The molecule has 0 amide bonds. The van der Waals surface area contributed by atoms with Crippen molar-refractivity contribution in [2.24, 2.45) is 0 Å². The van der Waals surface area contributed by atoms with Gasteiger partial charge >= 0.3 is 0 Å². The molecule has 3 aromatic rings. The minimum Gasteiger partial charge on any atom is -0.460 e. The first-order valence-corrected chi connectivity index (χ1v) is 6.63. The average molecular weight is 266 g/mol. The monoisotopic (exact) mass is 266 g/mol. The second-order valence-corrected chi connectivity index (χ2v) is 4.82. The third-order valence-electron chi connectivity index (χ3n) is 3.46. The molecule has 0 aliphatic carbocycles. The second-order valence-electron chi connectivity index (χ2n) is 4.82. The predicted molar refractivity (Wildman–Crippen MR) is 79.3 cm³/mol. The van der Waals surface area contributed by atoms with Crippen LogP contribution < -0.4 is 0 Å². The number of para-hydroxylation sites is 1. The summed E-state index contributed by atoms with van der Waals surface area (Å²) in [7, 11) is 0. The topological polar surface area (TPSA) is 13.1 Å². The fraction of sp³-hybridized carbons (Fsp3) is 0.111. The van der Waals surface area contributed by atoms with Gasteiger partial charge in [0.2, 0.25) is 0 Å². The summed E-state index contributed by atoms with van der Waals surface area (Å²) in [6.07, 6.45) is 2.62. The molecule has 1 unspecified atom stereocenters. The highest BCUT2D eigenvalue weighted by Crippen LogP contribution is 2.32. The molecule has 20 heavy (non-hydrogen) atoms. The average Bonchev–Trinajstić information content (AvgIpc) is 2.89. The summed E-state index contributed by atoms with van der Waals surface area (Å²) in [5, 5.41) is 1.08. The molecule has 0 saturated heterocycles. The standard InChI is InChI=1S/C18H15FO/c1-2-5-16(13-8-10-15(19)11-9-13)18-12-14-6-3-4-7-17(14)20-18/h2-4,6-12,16H,1,5H2. The Kier molecular flexibility index (Phi) is 3.38. The van der Waals surface area contributed by atoms with E-state index in [9.17, 15) is 4.39 Å². The number of hydrogen-bond donors (Lipinski definition) is 0. The van der Waals surface area contributed by atoms with E-state index in [4.69, 9.17) is 4.42 Å². The molecule has 0 radical (unpaired) electrons. The molecule has 100 valence electrons. The fourth-order valence-corrected chi connectivity index (χ4v) is 2.45. The van der Waals surface area contributed by atoms with Gasteiger partial charge in [0.1, 0.15) is 17.2 Å². The van der Waals surface area contributed by atoms with Gasteiger partial charge < -0.3 is 4.42 Å². The lowest BCUT2D eigenvalue weighted by atomic mass is 9.93. The summed E-state index contributed by atoms with van der Waals surface area (Å²) >= 11 is 0. The number of rotatable bonds is 4. The van der Waals surface area contributed by atoms with Crippen LogP contribution in [0, 0.1) is 5.82 Å². The van der Waals surface area contributed by atoms with Crippen molar-refractivity contribution in [3.8, 4) is 0 Å². The molecular weight excluding hydrogens is 251 g/mol. The lowest BCUT2D eigenvalue weighted by Crippen LogP contribution is -1.98. The van der Waals surface area contributed by atoms with E-state index in [2.05, 4.69) is 6.58 Å². The molecule has 0 saturated carbocycles. The molecule has 0 N–H and O–H groups in total. The van der Waals surface area contributed by atoms with Gasteiger partial charge in [-0.25, -0.2) is 4.39 Å². The van der Waals surface area contributed by atoms with E-state index in [0.717, 1.165) is 28.7 Å². The van der Waals surface area contributed by atoms with Crippen LogP contribution in [0.15, 0.2) is 71.7 Å². The number of furan rings is 1. The van der Waals surface area contributed by atoms with E-state index in [1.165, 1.54) is 12.1 Å². The van der Waals surface area contributed by atoms with E-state index in [1.54, 1.807) is 12.1 Å². The highest BCUT2D eigenvalue weighted by atomic mass is 19.1. The quantitative estimate of drug-likeness (QED) is 0.585. The molecular formula is C18H15FO. The highest BCUT2D eigenvalue weighted by Gasteiger charge is 2.17. The Morgan fingerprint density at radius 1 is 1.10 bits per heavy atom. The van der Waals surface area contributed by atoms with Crippen LogP contribution >= 0.6 is 0 Å². The molecule has 2 heteroatoms. The van der Waals surface area contributed by atoms with Crippen molar-refractivity contribution >= 4 is 11.0 Å². The maximum absolute atomic E-state index is 13.1. The molecule has 0 aliphatic rings. The molecule has 0 fully saturated rings. The van der Waals surface area contributed by atoms with Gasteiger partial charge in [-0.2, -0.15) is 0 Å². The van der Waals surface area contributed by atoms with Crippen LogP contribution in [0.2, 0.25) is 0 Å². The Labute approximate surface area is 117 Å². The zero-order valence-electron chi connectivity index (χ0n) is 11.1. The Bertz CT molecular complexity index is 692. The SMILES string of the molecule is C=CCC(c1ccc(F)cc1)c1cc2ccccc2o1. The molecule has 3 rings (SSSR count). The van der Waals surface area contributed by atoms with E-state index in [0.29, 0.717) is 0 Å².